The lowest BCUT2D eigenvalue weighted by atomic mass is 9.96. The molecule has 0 atom stereocenters. The van der Waals surface area contributed by atoms with E-state index in [0.29, 0.717) is 81.1 Å². The van der Waals surface area contributed by atoms with Crippen molar-refractivity contribution in [2.24, 2.45) is 0 Å². The lowest BCUT2D eigenvalue weighted by Gasteiger charge is -2.18. The Labute approximate surface area is 464 Å². The van der Waals surface area contributed by atoms with Gasteiger partial charge < -0.3 is 4.57 Å². The van der Waals surface area contributed by atoms with Gasteiger partial charge in [-0.15, -0.1) is 0 Å². The first-order chi connectivity index (χ1) is 39.6. The average Bonchev–Trinajstić information content (AvgIpc) is 2.24. The van der Waals surface area contributed by atoms with E-state index in [-0.39, 0.29) is 45.1 Å². The topological polar surface area (TPSA) is 56.5 Å². The third-order valence-corrected chi connectivity index (χ3v) is 14.1. The van der Waals surface area contributed by atoms with Gasteiger partial charge in [0.25, 0.3) is 0 Å². The molecule has 12 aromatic rings. The summed E-state index contributed by atoms with van der Waals surface area (Å²) >= 11 is 0. The van der Waals surface area contributed by atoms with Crippen LogP contribution in [0.5, 0.6) is 0 Å². The zero-order chi connectivity index (χ0) is 58.0. The Balaban J connectivity index is 1.17. The Morgan fingerprint density at radius 1 is 0.253 bits per heavy atom. The van der Waals surface area contributed by atoms with Crippen LogP contribution in [-0.2, 0) is 24.7 Å². The molecule has 83 heavy (non-hydrogen) atoms. The Hall–Kier alpha value is -9.90. The first-order valence-corrected chi connectivity index (χ1v) is 25.5. The van der Waals surface area contributed by atoms with Crippen molar-refractivity contribution in [2.75, 3.05) is 0 Å². The minimum absolute atomic E-state index is 0.000621. The van der Waals surface area contributed by atoms with E-state index < -0.39 is 58.1 Å². The lowest BCUT2D eigenvalue weighted by Crippen LogP contribution is -2.11. The first kappa shape index (κ1) is 53.7. The molecular weight excluding hydrogens is 1090 g/mol. The van der Waals surface area contributed by atoms with Crippen LogP contribution in [0.4, 0.5) is 52.7 Å². The van der Waals surface area contributed by atoms with Gasteiger partial charge >= 0.3 is 24.7 Å². The standard InChI is InChI=1S/C66H37F12N5/c67-63(68,69)47-27-45(28-48(34-47)64(70,71)72)42-21-24-58-51(31-42)52-32-43(46-29-49(65(73,74)75)35-50(30-46)66(76,77)78)22-25-59(52)83(58)60-26-23-44(62-80-54(38-13-5-1-6-14-38)36-55(81-62)39-15-7-2-8-16-39)33-53(60)57-37-56(40-17-9-3-10-18-40)79-61(82-57)41-19-11-4-12-20-41/h1-37H. The smallest absolute Gasteiger partial charge is 0.309 e. The predicted molar refractivity (Wildman–Crippen MR) is 295 cm³/mol. The van der Waals surface area contributed by atoms with Gasteiger partial charge in [0.05, 0.1) is 61.8 Å². The molecule has 0 bridgehead atoms. The normalized spacial score (nSPS) is 12.3. The molecule has 410 valence electrons. The third-order valence-electron chi connectivity index (χ3n) is 14.1. The van der Waals surface area contributed by atoms with Gasteiger partial charge in [0.15, 0.2) is 11.6 Å². The second-order valence-electron chi connectivity index (χ2n) is 19.5. The summed E-state index contributed by atoms with van der Waals surface area (Å²) in [6.07, 6.45) is -20.8. The highest BCUT2D eigenvalue weighted by atomic mass is 19.4. The van der Waals surface area contributed by atoms with Gasteiger partial charge in [-0.25, -0.2) is 19.9 Å². The number of hydrogen-bond acceptors (Lipinski definition) is 4. The summed E-state index contributed by atoms with van der Waals surface area (Å²) in [7, 11) is 0. The van der Waals surface area contributed by atoms with Crippen LogP contribution in [0.1, 0.15) is 22.3 Å². The van der Waals surface area contributed by atoms with Crippen molar-refractivity contribution >= 4 is 21.8 Å². The van der Waals surface area contributed by atoms with Crippen LogP contribution in [0.2, 0.25) is 0 Å². The lowest BCUT2D eigenvalue weighted by molar-refractivity contribution is -0.144. The molecule has 0 aliphatic carbocycles. The maximum Gasteiger partial charge on any atom is 0.416 e. The number of hydrogen-bond donors (Lipinski definition) is 0. The molecule has 3 heterocycles. The Kier molecular flexibility index (Phi) is 13.3. The highest BCUT2D eigenvalue weighted by molar-refractivity contribution is 6.12. The van der Waals surface area contributed by atoms with Gasteiger partial charge in [-0.05, 0) is 113 Å². The van der Waals surface area contributed by atoms with Crippen LogP contribution >= 0.6 is 0 Å². The predicted octanol–water partition coefficient (Wildman–Crippen LogP) is 19.8. The number of rotatable bonds is 9. The van der Waals surface area contributed by atoms with Crippen molar-refractivity contribution in [3.63, 3.8) is 0 Å². The van der Waals surface area contributed by atoms with E-state index >= 15 is 0 Å². The number of fused-ring (bicyclic) bond motifs is 3. The van der Waals surface area contributed by atoms with Crippen molar-refractivity contribution in [3.05, 3.63) is 247 Å². The first-order valence-electron chi connectivity index (χ1n) is 25.5. The molecule has 0 aliphatic heterocycles. The summed E-state index contributed by atoms with van der Waals surface area (Å²) in [6.45, 7) is 0. The van der Waals surface area contributed by atoms with E-state index in [1.807, 2.05) is 133 Å². The maximum absolute atomic E-state index is 14.3. The SMILES string of the molecule is FC(F)(F)c1cc(-c2ccc3c(c2)c2cc(-c4cc(C(F)(F)F)cc(C(F)(F)F)c4)ccc2n3-c2ccc(-c3nc(-c4ccccc4)cc(-c4ccccc4)n3)cc2-c2cc(-c3ccccc3)nc(-c3ccccc3)n2)cc(C(F)(F)F)c1. The molecule has 3 aromatic heterocycles. The summed E-state index contributed by atoms with van der Waals surface area (Å²) in [5, 5.41) is 0.319. The van der Waals surface area contributed by atoms with Crippen LogP contribution in [0.15, 0.2) is 224 Å². The molecule has 0 radical (unpaired) electrons. The zero-order valence-electron chi connectivity index (χ0n) is 42.6. The molecule has 0 amide bonds. The van der Waals surface area contributed by atoms with Gasteiger partial charge in [-0.1, -0.05) is 133 Å². The minimum Gasteiger partial charge on any atom is -0.309 e. The summed E-state index contributed by atoms with van der Waals surface area (Å²) in [6, 6.07) is 57.0. The average molecular weight is 1130 g/mol. The quantitative estimate of drug-likeness (QED) is 0.135. The van der Waals surface area contributed by atoms with Gasteiger partial charge in [0.1, 0.15) is 0 Å². The number of benzene rings is 9. The second-order valence-corrected chi connectivity index (χ2v) is 19.5. The highest BCUT2D eigenvalue weighted by Gasteiger charge is 2.39. The van der Waals surface area contributed by atoms with E-state index in [1.54, 1.807) is 22.8 Å². The largest absolute Gasteiger partial charge is 0.416 e. The second kappa shape index (κ2) is 20.6. The monoisotopic (exact) mass is 1130 g/mol. The minimum atomic E-state index is -5.20. The molecule has 0 N–H and O–H groups in total. The number of nitrogens with zero attached hydrogens (tertiary/aromatic N) is 5. The van der Waals surface area contributed by atoms with Gasteiger partial charge in [-0.2, -0.15) is 52.7 Å². The summed E-state index contributed by atoms with van der Waals surface area (Å²) in [4.78, 5) is 20.4. The van der Waals surface area contributed by atoms with Crippen molar-refractivity contribution in [1.82, 2.24) is 24.5 Å². The Morgan fingerprint density at radius 3 is 0.952 bits per heavy atom. The van der Waals surface area contributed by atoms with Crippen LogP contribution in [0.3, 0.4) is 0 Å². The molecule has 0 unspecified atom stereocenters. The van der Waals surface area contributed by atoms with E-state index in [9.17, 15) is 52.7 Å². The zero-order valence-corrected chi connectivity index (χ0v) is 42.6. The molecule has 0 saturated heterocycles. The van der Waals surface area contributed by atoms with Crippen LogP contribution in [0.25, 0.3) is 118 Å². The van der Waals surface area contributed by atoms with Crippen LogP contribution < -0.4 is 0 Å². The van der Waals surface area contributed by atoms with Gasteiger partial charge in [0, 0.05) is 44.2 Å². The Bertz CT molecular complexity index is 4110. The number of halogens is 12. The molecule has 12 rings (SSSR count). The van der Waals surface area contributed by atoms with Gasteiger partial charge in [0.2, 0.25) is 0 Å². The van der Waals surface area contributed by atoms with Crippen LogP contribution in [0, 0.1) is 0 Å². The van der Waals surface area contributed by atoms with E-state index in [1.165, 1.54) is 36.4 Å². The molecule has 17 heteroatoms. The molecule has 9 aromatic carbocycles. The highest BCUT2D eigenvalue weighted by Crippen LogP contribution is 2.45. The molecule has 0 saturated carbocycles. The molecule has 0 spiro atoms. The molecule has 0 aliphatic rings. The van der Waals surface area contributed by atoms with Crippen LogP contribution in [-0.4, -0.2) is 24.5 Å². The molecule has 5 nitrogen and oxygen atoms in total. The Morgan fingerprint density at radius 2 is 0.578 bits per heavy atom. The summed E-state index contributed by atoms with van der Waals surface area (Å²) in [5.74, 6) is 0.621. The van der Waals surface area contributed by atoms with Crippen molar-refractivity contribution in [2.45, 2.75) is 24.7 Å². The maximum atomic E-state index is 14.3. The summed E-state index contributed by atoms with van der Waals surface area (Å²) < 4.78 is 174. The fourth-order valence-corrected chi connectivity index (χ4v) is 10.1. The van der Waals surface area contributed by atoms with Crippen molar-refractivity contribution < 1.29 is 52.7 Å². The van der Waals surface area contributed by atoms with Crippen molar-refractivity contribution in [3.8, 4) is 95.7 Å². The summed E-state index contributed by atoms with van der Waals surface area (Å²) in [5.41, 5.74) is -0.601. The van der Waals surface area contributed by atoms with E-state index in [4.69, 9.17) is 19.9 Å². The fraction of sp³-hybridized carbons (Fsp3) is 0.0606. The van der Waals surface area contributed by atoms with Crippen molar-refractivity contribution in [1.29, 1.82) is 0 Å². The molecular formula is C66H37F12N5. The molecule has 0 fully saturated rings. The number of aromatic nitrogens is 5. The van der Waals surface area contributed by atoms with E-state index in [2.05, 4.69) is 0 Å². The number of alkyl halides is 12. The van der Waals surface area contributed by atoms with Gasteiger partial charge in [-0.3, -0.25) is 0 Å². The fourth-order valence-electron chi connectivity index (χ4n) is 10.1. The van der Waals surface area contributed by atoms with E-state index in [0.717, 1.165) is 16.7 Å². The third kappa shape index (κ3) is 10.8.